The number of amides is 1. The van der Waals surface area contributed by atoms with E-state index in [0.717, 1.165) is 11.1 Å². The molecule has 3 aromatic rings. The molecule has 0 fully saturated rings. The Morgan fingerprint density at radius 1 is 1.06 bits per heavy atom. The van der Waals surface area contributed by atoms with Gasteiger partial charge >= 0.3 is 0 Å². The molecule has 0 aliphatic heterocycles. The molecular formula is C24H26ClN3O4S. The second kappa shape index (κ2) is 10.8. The third-order valence-electron chi connectivity index (χ3n) is 5.23. The maximum absolute atomic E-state index is 13.0. The molecule has 0 bridgehead atoms. The van der Waals surface area contributed by atoms with Gasteiger partial charge in [0.05, 0.1) is 21.5 Å². The predicted octanol–water partition coefficient (Wildman–Crippen LogP) is 3.18. The lowest BCUT2D eigenvalue weighted by Gasteiger charge is -2.13. The zero-order valence-electron chi connectivity index (χ0n) is 18.1. The maximum Gasteiger partial charge on any atom is 0.250 e. The summed E-state index contributed by atoms with van der Waals surface area (Å²) in [6.07, 6.45) is -0.0125. The molecule has 0 saturated carbocycles. The van der Waals surface area contributed by atoms with Crippen molar-refractivity contribution in [3.05, 3.63) is 88.4 Å². The minimum Gasteiger partial charge on any atom is -0.387 e. The predicted molar refractivity (Wildman–Crippen MR) is 129 cm³/mol. The van der Waals surface area contributed by atoms with Gasteiger partial charge in [-0.25, -0.2) is 8.42 Å². The van der Waals surface area contributed by atoms with E-state index in [1.165, 1.54) is 18.2 Å². The summed E-state index contributed by atoms with van der Waals surface area (Å²) in [5, 5.41) is 16.8. The molecule has 1 atom stereocenters. The largest absolute Gasteiger partial charge is 0.387 e. The zero-order chi connectivity index (χ0) is 24.0. The number of anilines is 1. The molecule has 9 heteroatoms. The van der Waals surface area contributed by atoms with Crippen LogP contribution in [0.3, 0.4) is 0 Å². The van der Waals surface area contributed by atoms with E-state index >= 15 is 0 Å². The number of halogens is 1. The van der Waals surface area contributed by atoms with Crippen molar-refractivity contribution >= 4 is 33.0 Å². The topological polar surface area (TPSA) is 122 Å². The van der Waals surface area contributed by atoms with Crippen LogP contribution in [-0.2, 0) is 16.3 Å². The molecule has 0 aliphatic rings. The van der Waals surface area contributed by atoms with E-state index in [1.807, 2.05) is 6.07 Å². The number of rotatable bonds is 10. The van der Waals surface area contributed by atoms with Crippen LogP contribution in [0.25, 0.3) is 0 Å². The Hall–Kier alpha value is -2.91. The fraction of sp³-hybridized carbons (Fsp3) is 0.208. The van der Waals surface area contributed by atoms with Gasteiger partial charge in [0, 0.05) is 24.3 Å². The van der Waals surface area contributed by atoms with Gasteiger partial charge in [0.1, 0.15) is 0 Å². The molecule has 0 aliphatic carbocycles. The van der Waals surface area contributed by atoms with Gasteiger partial charge in [0.2, 0.25) is 9.84 Å². The van der Waals surface area contributed by atoms with Gasteiger partial charge in [-0.1, -0.05) is 35.9 Å². The third-order valence-corrected chi connectivity index (χ3v) is 7.23. The number of nitrogens with one attached hydrogen (secondary N) is 2. The average molecular weight is 488 g/mol. The van der Waals surface area contributed by atoms with Crippen LogP contribution in [0.5, 0.6) is 0 Å². The molecule has 5 N–H and O–H groups in total. The molecule has 1 amide bonds. The quantitative estimate of drug-likeness (QED) is 0.326. The van der Waals surface area contributed by atoms with Crippen LogP contribution in [0, 0.1) is 0 Å². The van der Waals surface area contributed by atoms with Crippen LogP contribution in [0.2, 0.25) is 5.02 Å². The number of nitrogens with two attached hydrogens (primary N) is 1. The lowest BCUT2D eigenvalue weighted by molar-refractivity contribution is 0.100. The smallest absolute Gasteiger partial charge is 0.250 e. The van der Waals surface area contributed by atoms with E-state index in [9.17, 15) is 18.3 Å². The monoisotopic (exact) mass is 487 g/mol. The Morgan fingerprint density at radius 2 is 1.76 bits per heavy atom. The van der Waals surface area contributed by atoms with Crippen molar-refractivity contribution in [1.29, 1.82) is 0 Å². The van der Waals surface area contributed by atoms with Crippen molar-refractivity contribution in [2.24, 2.45) is 5.73 Å². The summed E-state index contributed by atoms with van der Waals surface area (Å²) in [6, 6.07) is 17.9. The molecule has 3 rings (SSSR count). The molecular weight excluding hydrogens is 462 g/mol. The third kappa shape index (κ3) is 6.11. The number of hydrogen-bond donors (Lipinski definition) is 4. The first kappa shape index (κ1) is 24.7. The van der Waals surface area contributed by atoms with E-state index < -0.39 is 21.8 Å². The van der Waals surface area contributed by atoms with E-state index in [4.69, 9.17) is 17.3 Å². The van der Waals surface area contributed by atoms with Gasteiger partial charge < -0.3 is 21.5 Å². The van der Waals surface area contributed by atoms with Crippen molar-refractivity contribution in [3.63, 3.8) is 0 Å². The molecule has 3 aromatic carbocycles. The van der Waals surface area contributed by atoms with Crippen LogP contribution in [0.15, 0.2) is 76.5 Å². The molecule has 0 radical (unpaired) electrons. The molecule has 0 saturated heterocycles. The summed E-state index contributed by atoms with van der Waals surface area (Å²) < 4.78 is 26.0. The minimum absolute atomic E-state index is 0.000260. The van der Waals surface area contributed by atoms with E-state index in [2.05, 4.69) is 10.6 Å². The van der Waals surface area contributed by atoms with E-state index in [1.54, 1.807) is 49.5 Å². The molecule has 7 nitrogen and oxygen atoms in total. The van der Waals surface area contributed by atoms with E-state index in [0.29, 0.717) is 30.2 Å². The van der Waals surface area contributed by atoms with Crippen LogP contribution >= 0.6 is 11.6 Å². The van der Waals surface area contributed by atoms with Gasteiger partial charge in [-0.05, 0) is 66.6 Å². The summed E-state index contributed by atoms with van der Waals surface area (Å²) >= 11 is 5.95. The van der Waals surface area contributed by atoms with E-state index in [-0.39, 0.29) is 15.4 Å². The fourth-order valence-corrected chi connectivity index (χ4v) is 4.87. The first-order chi connectivity index (χ1) is 15.7. The van der Waals surface area contributed by atoms with Gasteiger partial charge in [-0.15, -0.1) is 0 Å². The fourth-order valence-electron chi connectivity index (χ4n) is 3.39. The average Bonchev–Trinajstić information content (AvgIpc) is 2.81. The molecule has 33 heavy (non-hydrogen) atoms. The SMILES string of the molecule is CNc1ccc(S(=O)(=O)c2ccc(CCNC[C@H](O)c3cccc(Cl)c3)cc2)cc1C(N)=O. The van der Waals surface area contributed by atoms with Crippen molar-refractivity contribution in [2.45, 2.75) is 22.3 Å². The van der Waals surface area contributed by atoms with Crippen LogP contribution in [0.1, 0.15) is 27.6 Å². The number of carbonyl (C=O) groups is 1. The highest BCUT2D eigenvalue weighted by Gasteiger charge is 2.20. The van der Waals surface area contributed by atoms with Gasteiger partial charge in [-0.3, -0.25) is 4.79 Å². The standard InChI is InChI=1S/C24H26ClN3O4S/c1-27-22-10-9-20(14-21(22)24(26)30)33(31,32)19-7-5-16(6-8-19)11-12-28-15-23(29)17-3-2-4-18(25)13-17/h2-10,13-14,23,27-29H,11-12,15H2,1H3,(H2,26,30)/t23-/m0/s1. The number of hydrogen-bond acceptors (Lipinski definition) is 6. The lowest BCUT2D eigenvalue weighted by Crippen LogP contribution is -2.23. The molecule has 0 unspecified atom stereocenters. The summed E-state index contributed by atoms with van der Waals surface area (Å²) in [5.41, 5.74) is 7.64. The first-order valence-corrected chi connectivity index (χ1v) is 12.2. The number of carbonyl (C=O) groups excluding carboxylic acids is 1. The van der Waals surface area contributed by atoms with Crippen LogP contribution in [-0.4, -0.2) is 39.6 Å². The number of sulfone groups is 1. The molecule has 0 spiro atoms. The highest BCUT2D eigenvalue weighted by atomic mass is 35.5. The van der Waals surface area contributed by atoms with Gasteiger partial charge in [0.25, 0.3) is 5.91 Å². The Kier molecular flexibility index (Phi) is 8.10. The zero-order valence-corrected chi connectivity index (χ0v) is 19.7. The van der Waals surface area contributed by atoms with Crippen molar-refractivity contribution in [1.82, 2.24) is 5.32 Å². The maximum atomic E-state index is 13.0. The normalized spacial score (nSPS) is 12.3. The van der Waals surface area contributed by atoms with Crippen molar-refractivity contribution < 1.29 is 18.3 Å². The Balaban J connectivity index is 1.61. The Bertz CT molecular complexity index is 1230. The van der Waals surface area contributed by atoms with Crippen molar-refractivity contribution in [3.8, 4) is 0 Å². The van der Waals surface area contributed by atoms with Crippen LogP contribution in [0.4, 0.5) is 5.69 Å². The number of benzene rings is 3. The van der Waals surface area contributed by atoms with Crippen LogP contribution < -0.4 is 16.4 Å². The Labute approximate surface area is 198 Å². The number of aliphatic hydroxyl groups excluding tert-OH is 1. The lowest BCUT2D eigenvalue weighted by atomic mass is 10.1. The first-order valence-electron chi connectivity index (χ1n) is 10.3. The Morgan fingerprint density at radius 3 is 2.39 bits per heavy atom. The number of aliphatic hydroxyl groups is 1. The second-order valence-corrected chi connectivity index (χ2v) is 9.88. The number of primary amides is 1. The summed E-state index contributed by atoms with van der Waals surface area (Å²) in [5.74, 6) is -0.709. The highest BCUT2D eigenvalue weighted by molar-refractivity contribution is 7.91. The highest BCUT2D eigenvalue weighted by Crippen LogP contribution is 2.25. The summed E-state index contributed by atoms with van der Waals surface area (Å²) in [4.78, 5) is 11.8. The second-order valence-electron chi connectivity index (χ2n) is 7.49. The molecule has 0 aromatic heterocycles. The summed E-state index contributed by atoms with van der Waals surface area (Å²) in [7, 11) is -2.18. The van der Waals surface area contributed by atoms with Crippen molar-refractivity contribution in [2.75, 3.05) is 25.5 Å². The molecule has 174 valence electrons. The van der Waals surface area contributed by atoms with Gasteiger partial charge in [0.15, 0.2) is 0 Å². The molecule has 0 heterocycles. The minimum atomic E-state index is -3.80. The summed E-state index contributed by atoms with van der Waals surface area (Å²) in [6.45, 7) is 0.981. The van der Waals surface area contributed by atoms with Gasteiger partial charge in [-0.2, -0.15) is 0 Å².